The third-order valence-corrected chi connectivity index (χ3v) is 7.39. The third kappa shape index (κ3) is 5.19. The summed E-state index contributed by atoms with van der Waals surface area (Å²) in [4.78, 5) is 29.3. The summed E-state index contributed by atoms with van der Waals surface area (Å²) in [7, 11) is -2.22. The minimum Gasteiger partial charge on any atom is -0.383 e. The van der Waals surface area contributed by atoms with E-state index in [4.69, 9.17) is 4.74 Å². The zero-order valence-corrected chi connectivity index (χ0v) is 18.5. The Bertz CT molecular complexity index is 873. The fraction of sp³-hybridized carbons (Fsp3) is 0.619. The molecular weight excluding hydrogens is 406 g/mol. The highest BCUT2D eigenvalue weighted by Gasteiger charge is 2.31. The molecule has 1 N–H and O–H groups in total. The van der Waals surface area contributed by atoms with E-state index in [1.807, 2.05) is 4.90 Å². The molecule has 0 bridgehead atoms. The van der Waals surface area contributed by atoms with Crippen molar-refractivity contribution in [2.45, 2.75) is 37.5 Å². The summed E-state index contributed by atoms with van der Waals surface area (Å²) in [6.45, 7) is 4.18. The van der Waals surface area contributed by atoms with Crippen LogP contribution in [0.1, 0.15) is 41.6 Å². The quantitative estimate of drug-likeness (QED) is 0.651. The van der Waals surface area contributed by atoms with Crippen molar-refractivity contribution in [3.63, 3.8) is 0 Å². The van der Waals surface area contributed by atoms with E-state index in [1.54, 1.807) is 17.9 Å². The van der Waals surface area contributed by atoms with Crippen molar-refractivity contribution < 1.29 is 22.7 Å². The van der Waals surface area contributed by atoms with E-state index in [2.05, 4.69) is 4.72 Å². The second-order valence-electron chi connectivity index (χ2n) is 7.97. The van der Waals surface area contributed by atoms with Gasteiger partial charge in [-0.05, 0) is 37.5 Å². The van der Waals surface area contributed by atoms with Gasteiger partial charge in [0.15, 0.2) is 0 Å². The van der Waals surface area contributed by atoms with Gasteiger partial charge in [0.1, 0.15) is 0 Å². The zero-order chi connectivity index (χ0) is 21.7. The SMILES string of the molecule is COCCNS(=O)(=O)c1ccc(C)c(C(=O)N2CCN(C(=O)C3CCCC3)CC2)c1. The van der Waals surface area contributed by atoms with Crippen LogP contribution in [0.3, 0.4) is 0 Å². The smallest absolute Gasteiger partial charge is 0.254 e. The number of carbonyl (C=O) groups is 2. The number of amides is 2. The number of ether oxygens (including phenoxy) is 1. The largest absolute Gasteiger partial charge is 0.383 e. The molecular formula is C21H31N3O5S. The lowest BCUT2D eigenvalue weighted by atomic mass is 10.1. The van der Waals surface area contributed by atoms with Gasteiger partial charge in [0, 0.05) is 51.3 Å². The Labute approximate surface area is 178 Å². The van der Waals surface area contributed by atoms with Crippen molar-refractivity contribution in [1.82, 2.24) is 14.5 Å². The van der Waals surface area contributed by atoms with Crippen LogP contribution in [0.2, 0.25) is 0 Å². The number of hydrogen-bond acceptors (Lipinski definition) is 5. The maximum absolute atomic E-state index is 13.1. The van der Waals surface area contributed by atoms with Crippen molar-refractivity contribution >= 4 is 21.8 Å². The van der Waals surface area contributed by atoms with Crippen molar-refractivity contribution in [2.75, 3.05) is 46.4 Å². The van der Waals surface area contributed by atoms with Gasteiger partial charge in [-0.2, -0.15) is 0 Å². The van der Waals surface area contributed by atoms with Crippen LogP contribution in [0, 0.1) is 12.8 Å². The number of methoxy groups -OCH3 is 1. The first-order valence-electron chi connectivity index (χ1n) is 10.5. The highest BCUT2D eigenvalue weighted by atomic mass is 32.2. The van der Waals surface area contributed by atoms with Crippen molar-refractivity contribution in [1.29, 1.82) is 0 Å². The molecule has 9 heteroatoms. The summed E-state index contributed by atoms with van der Waals surface area (Å²) < 4.78 is 32.3. The van der Waals surface area contributed by atoms with E-state index in [-0.39, 0.29) is 35.8 Å². The first kappa shape index (κ1) is 22.7. The van der Waals surface area contributed by atoms with Gasteiger partial charge in [0.05, 0.1) is 11.5 Å². The number of hydrogen-bond donors (Lipinski definition) is 1. The second kappa shape index (κ2) is 9.89. The Kier molecular flexibility index (Phi) is 7.49. The van der Waals surface area contributed by atoms with E-state index in [1.165, 1.54) is 19.2 Å². The second-order valence-corrected chi connectivity index (χ2v) is 9.73. The third-order valence-electron chi connectivity index (χ3n) is 5.93. The summed E-state index contributed by atoms with van der Waals surface area (Å²) >= 11 is 0. The standard InChI is InChI=1S/C21H31N3O5S/c1-16-7-8-18(30(27,28)22-9-14-29-2)15-19(16)21(26)24-12-10-23(11-13-24)20(25)17-5-3-4-6-17/h7-8,15,17,22H,3-6,9-14H2,1-2H3. The monoisotopic (exact) mass is 437 g/mol. The summed E-state index contributed by atoms with van der Waals surface area (Å²) in [5.41, 5.74) is 1.10. The topological polar surface area (TPSA) is 96.0 Å². The Morgan fingerprint density at radius 1 is 1.10 bits per heavy atom. The summed E-state index contributed by atoms with van der Waals surface area (Å²) in [5.74, 6) is 0.155. The summed E-state index contributed by atoms with van der Waals surface area (Å²) in [6, 6.07) is 4.58. The van der Waals surface area contributed by atoms with E-state index in [0.717, 1.165) is 31.2 Å². The van der Waals surface area contributed by atoms with Gasteiger partial charge in [-0.15, -0.1) is 0 Å². The van der Waals surface area contributed by atoms with E-state index in [9.17, 15) is 18.0 Å². The molecule has 0 spiro atoms. The Morgan fingerprint density at radius 3 is 2.37 bits per heavy atom. The van der Waals surface area contributed by atoms with Gasteiger partial charge in [-0.3, -0.25) is 9.59 Å². The molecule has 2 amide bonds. The zero-order valence-electron chi connectivity index (χ0n) is 17.7. The number of nitrogens with one attached hydrogen (secondary N) is 1. The Hall–Kier alpha value is -1.97. The molecule has 2 aliphatic rings. The normalized spacial score (nSPS) is 18.1. The van der Waals surface area contributed by atoms with E-state index in [0.29, 0.717) is 31.7 Å². The predicted octanol–water partition coefficient (Wildman–Crippen LogP) is 1.39. The lowest BCUT2D eigenvalue weighted by molar-refractivity contribution is -0.136. The van der Waals surface area contributed by atoms with Crippen LogP contribution in [0.15, 0.2) is 23.1 Å². The highest BCUT2D eigenvalue weighted by molar-refractivity contribution is 7.89. The van der Waals surface area contributed by atoms with E-state index >= 15 is 0 Å². The first-order valence-corrected chi connectivity index (χ1v) is 12.0. The molecule has 0 unspecified atom stereocenters. The van der Waals surface area contributed by atoms with Crippen LogP contribution in [-0.2, 0) is 19.6 Å². The maximum atomic E-state index is 13.1. The number of benzene rings is 1. The molecule has 8 nitrogen and oxygen atoms in total. The maximum Gasteiger partial charge on any atom is 0.254 e. The van der Waals surface area contributed by atoms with Crippen molar-refractivity contribution in [3.8, 4) is 0 Å². The molecule has 1 heterocycles. The molecule has 1 aliphatic carbocycles. The molecule has 1 aromatic rings. The van der Waals surface area contributed by atoms with Crippen LogP contribution in [0.4, 0.5) is 0 Å². The van der Waals surface area contributed by atoms with Gasteiger partial charge in [0.25, 0.3) is 5.91 Å². The number of piperazine rings is 1. The van der Waals surface area contributed by atoms with Gasteiger partial charge in [-0.25, -0.2) is 13.1 Å². The molecule has 1 aliphatic heterocycles. The average Bonchev–Trinajstić information content (AvgIpc) is 3.28. The molecule has 0 radical (unpaired) electrons. The van der Waals surface area contributed by atoms with Gasteiger partial charge in [-0.1, -0.05) is 18.9 Å². The molecule has 0 aromatic heterocycles. The minimum absolute atomic E-state index is 0.0580. The number of sulfonamides is 1. The van der Waals surface area contributed by atoms with Gasteiger partial charge in [0.2, 0.25) is 15.9 Å². The lowest BCUT2D eigenvalue weighted by Crippen LogP contribution is -2.51. The van der Waals surface area contributed by atoms with Crippen molar-refractivity contribution in [3.05, 3.63) is 29.3 Å². The lowest BCUT2D eigenvalue weighted by Gasteiger charge is -2.36. The summed E-state index contributed by atoms with van der Waals surface area (Å²) in [5, 5.41) is 0. The van der Waals surface area contributed by atoms with Gasteiger partial charge < -0.3 is 14.5 Å². The van der Waals surface area contributed by atoms with Crippen LogP contribution in [0.25, 0.3) is 0 Å². The highest BCUT2D eigenvalue weighted by Crippen LogP contribution is 2.27. The molecule has 2 fully saturated rings. The van der Waals surface area contributed by atoms with E-state index < -0.39 is 10.0 Å². The minimum atomic E-state index is -3.72. The number of carbonyl (C=O) groups excluding carboxylic acids is 2. The Balaban J connectivity index is 1.66. The number of rotatable bonds is 7. The fourth-order valence-corrected chi connectivity index (χ4v) is 5.13. The molecule has 1 saturated heterocycles. The molecule has 30 heavy (non-hydrogen) atoms. The van der Waals surface area contributed by atoms with Crippen LogP contribution in [0.5, 0.6) is 0 Å². The van der Waals surface area contributed by atoms with Crippen LogP contribution >= 0.6 is 0 Å². The molecule has 1 aromatic carbocycles. The molecule has 3 rings (SSSR count). The first-order chi connectivity index (χ1) is 14.3. The molecule has 1 saturated carbocycles. The van der Waals surface area contributed by atoms with Gasteiger partial charge >= 0.3 is 0 Å². The Morgan fingerprint density at radius 2 is 1.73 bits per heavy atom. The average molecular weight is 438 g/mol. The molecule has 166 valence electrons. The number of nitrogens with zero attached hydrogens (tertiary/aromatic N) is 2. The number of aryl methyl sites for hydroxylation is 1. The van der Waals surface area contributed by atoms with Crippen LogP contribution in [-0.4, -0.2) is 76.5 Å². The fourth-order valence-electron chi connectivity index (χ4n) is 4.09. The molecule has 0 atom stereocenters. The van der Waals surface area contributed by atoms with Crippen molar-refractivity contribution in [2.24, 2.45) is 5.92 Å². The summed E-state index contributed by atoms with van der Waals surface area (Å²) in [6.07, 6.45) is 4.18. The predicted molar refractivity (Wildman–Crippen MR) is 113 cm³/mol. The van der Waals surface area contributed by atoms with Crippen LogP contribution < -0.4 is 4.72 Å².